The average molecular weight is 296 g/mol. The summed E-state index contributed by atoms with van der Waals surface area (Å²) in [5.41, 5.74) is 0.234. The molecule has 2 rings (SSSR count). The fraction of sp³-hybridized carbons (Fsp3) is 0.143. The summed E-state index contributed by atoms with van der Waals surface area (Å²) in [6.45, 7) is 0.0724. The monoisotopic (exact) mass is 296 g/mol. The molecule has 2 N–H and O–H groups in total. The van der Waals surface area contributed by atoms with Crippen molar-refractivity contribution < 1.29 is 28.0 Å². The minimum Gasteiger partial charge on any atom is -0.490 e. The summed E-state index contributed by atoms with van der Waals surface area (Å²) >= 11 is 0. The van der Waals surface area contributed by atoms with Crippen LogP contribution in [-0.4, -0.2) is 23.8 Å². The quantitative estimate of drug-likeness (QED) is 0.820. The molecule has 0 aliphatic heterocycles. The van der Waals surface area contributed by atoms with E-state index in [4.69, 9.17) is 14.8 Å². The second-order valence-electron chi connectivity index (χ2n) is 4.40. The van der Waals surface area contributed by atoms with Gasteiger partial charge in [-0.15, -0.1) is 0 Å². The number of hydrogen-bond acceptors (Lipinski definition) is 3. The van der Waals surface area contributed by atoms with Gasteiger partial charge in [0, 0.05) is 17.9 Å². The van der Waals surface area contributed by atoms with Crippen LogP contribution in [0.2, 0.25) is 0 Å². The van der Waals surface area contributed by atoms with E-state index in [0.29, 0.717) is 12.5 Å². The van der Waals surface area contributed by atoms with Crippen molar-refractivity contribution in [2.75, 3.05) is 6.61 Å². The molecule has 21 heavy (non-hydrogen) atoms. The largest absolute Gasteiger partial charge is 0.491 e. The van der Waals surface area contributed by atoms with Gasteiger partial charge in [0.25, 0.3) is 0 Å². The van der Waals surface area contributed by atoms with Crippen molar-refractivity contribution in [2.45, 2.75) is 6.42 Å². The van der Waals surface area contributed by atoms with Gasteiger partial charge in [-0.2, -0.15) is 0 Å². The van der Waals surface area contributed by atoms with Crippen LogP contribution in [0.25, 0.3) is 0 Å². The van der Waals surface area contributed by atoms with Crippen LogP contribution >= 0.6 is 0 Å². The van der Waals surface area contributed by atoms with Crippen molar-refractivity contribution in [3.63, 3.8) is 0 Å². The van der Waals surface area contributed by atoms with Crippen molar-refractivity contribution in [2.24, 2.45) is 0 Å². The molecule has 2 aromatic carbocycles. The lowest BCUT2D eigenvalue weighted by Crippen LogP contribution is -2.33. The van der Waals surface area contributed by atoms with Crippen LogP contribution in [0.1, 0.15) is 5.56 Å². The van der Waals surface area contributed by atoms with Gasteiger partial charge in [-0.05, 0) is 23.8 Å². The lowest BCUT2D eigenvalue weighted by Gasteiger charge is -2.10. The Bertz CT molecular complexity index is 618. The predicted molar refractivity (Wildman–Crippen MR) is 71.8 cm³/mol. The first-order valence-corrected chi connectivity index (χ1v) is 6.19. The van der Waals surface area contributed by atoms with Crippen LogP contribution in [0.3, 0.4) is 0 Å². The molecule has 0 atom stereocenters. The van der Waals surface area contributed by atoms with Gasteiger partial charge in [-0.1, -0.05) is 12.1 Å². The molecular formula is C14H12BF3O3. The second kappa shape index (κ2) is 6.65. The van der Waals surface area contributed by atoms with E-state index in [0.717, 1.165) is 11.6 Å². The lowest BCUT2D eigenvalue weighted by atomic mass is 9.80. The van der Waals surface area contributed by atoms with Gasteiger partial charge >= 0.3 is 7.12 Å². The topological polar surface area (TPSA) is 49.7 Å². The number of ether oxygens (including phenoxy) is 1. The third-order valence-electron chi connectivity index (χ3n) is 2.89. The molecule has 0 unspecified atom stereocenters. The smallest absolute Gasteiger partial charge is 0.490 e. The average Bonchev–Trinajstić information content (AvgIpc) is 2.44. The first-order chi connectivity index (χ1) is 9.97. The Labute approximate surface area is 119 Å². The molecule has 0 radical (unpaired) electrons. The second-order valence-corrected chi connectivity index (χ2v) is 4.40. The normalized spacial score (nSPS) is 10.5. The van der Waals surface area contributed by atoms with E-state index in [-0.39, 0.29) is 18.2 Å². The van der Waals surface area contributed by atoms with Crippen molar-refractivity contribution in [1.29, 1.82) is 0 Å². The molecule has 0 saturated carbocycles. The zero-order valence-corrected chi connectivity index (χ0v) is 10.9. The Morgan fingerprint density at radius 3 is 2.24 bits per heavy atom. The first-order valence-electron chi connectivity index (χ1n) is 6.19. The predicted octanol–water partition coefficient (Wildman–Crippen LogP) is 1.41. The SMILES string of the molecule is OB(O)c1cc(F)c(OCCc2ccc(F)cc2)cc1F. The third-order valence-corrected chi connectivity index (χ3v) is 2.89. The highest BCUT2D eigenvalue weighted by atomic mass is 19.1. The molecule has 0 amide bonds. The van der Waals surface area contributed by atoms with Crippen molar-refractivity contribution in [3.05, 3.63) is 59.4 Å². The van der Waals surface area contributed by atoms with Gasteiger partial charge in [-0.25, -0.2) is 13.2 Å². The minimum atomic E-state index is -2.09. The highest BCUT2D eigenvalue weighted by Crippen LogP contribution is 2.17. The molecule has 0 aliphatic rings. The van der Waals surface area contributed by atoms with E-state index in [1.54, 1.807) is 12.1 Å². The summed E-state index contributed by atoms with van der Waals surface area (Å²) < 4.78 is 44.9. The molecular weight excluding hydrogens is 284 g/mol. The summed E-state index contributed by atoms with van der Waals surface area (Å²) in [6.07, 6.45) is 0.395. The summed E-state index contributed by atoms with van der Waals surface area (Å²) in [5.74, 6) is -2.54. The van der Waals surface area contributed by atoms with E-state index >= 15 is 0 Å². The standard InChI is InChI=1S/C14H12BF3O3/c16-10-3-1-9(2-4-10)5-6-21-14-8-12(17)11(15(19)20)7-13(14)18/h1-4,7-8,19-20H,5-6H2. The molecule has 0 aromatic heterocycles. The van der Waals surface area contributed by atoms with Gasteiger partial charge in [0.05, 0.1) is 6.61 Å². The molecule has 0 fully saturated rings. The lowest BCUT2D eigenvalue weighted by molar-refractivity contribution is 0.303. The van der Waals surface area contributed by atoms with Crippen LogP contribution in [0, 0.1) is 17.5 Å². The van der Waals surface area contributed by atoms with Gasteiger partial charge in [-0.3, -0.25) is 0 Å². The van der Waals surface area contributed by atoms with Gasteiger partial charge in [0.1, 0.15) is 11.6 Å². The van der Waals surface area contributed by atoms with E-state index < -0.39 is 24.2 Å². The molecule has 110 valence electrons. The maximum atomic E-state index is 13.6. The molecule has 0 spiro atoms. The number of hydrogen-bond donors (Lipinski definition) is 2. The highest BCUT2D eigenvalue weighted by Gasteiger charge is 2.20. The molecule has 0 heterocycles. The number of rotatable bonds is 5. The number of benzene rings is 2. The summed E-state index contributed by atoms with van der Waals surface area (Å²) in [5, 5.41) is 17.7. The van der Waals surface area contributed by atoms with Crippen LogP contribution in [0.15, 0.2) is 36.4 Å². The molecule has 7 heteroatoms. The Balaban J connectivity index is 2.00. The fourth-order valence-electron chi connectivity index (χ4n) is 1.78. The zero-order chi connectivity index (χ0) is 15.4. The fourth-order valence-corrected chi connectivity index (χ4v) is 1.78. The highest BCUT2D eigenvalue weighted by molar-refractivity contribution is 6.58. The van der Waals surface area contributed by atoms with E-state index in [9.17, 15) is 13.2 Å². The molecule has 0 aliphatic carbocycles. The molecule has 2 aromatic rings. The van der Waals surface area contributed by atoms with Gasteiger partial charge < -0.3 is 14.8 Å². The summed E-state index contributed by atoms with van der Waals surface area (Å²) in [7, 11) is -2.09. The van der Waals surface area contributed by atoms with Crippen LogP contribution in [-0.2, 0) is 6.42 Å². The van der Waals surface area contributed by atoms with Crippen LogP contribution in [0.5, 0.6) is 5.75 Å². The Kier molecular flexibility index (Phi) is 4.87. The van der Waals surface area contributed by atoms with E-state index in [2.05, 4.69) is 0 Å². The third kappa shape index (κ3) is 3.99. The molecule has 0 bridgehead atoms. The van der Waals surface area contributed by atoms with Crippen LogP contribution < -0.4 is 10.2 Å². The molecule has 3 nitrogen and oxygen atoms in total. The Hall–Kier alpha value is -1.99. The first kappa shape index (κ1) is 15.4. The maximum Gasteiger partial charge on any atom is 0.491 e. The van der Waals surface area contributed by atoms with Gasteiger partial charge in [0.2, 0.25) is 0 Å². The van der Waals surface area contributed by atoms with E-state index in [1.807, 2.05) is 0 Å². The van der Waals surface area contributed by atoms with Crippen LogP contribution in [0.4, 0.5) is 13.2 Å². The van der Waals surface area contributed by atoms with Gasteiger partial charge in [0.15, 0.2) is 11.6 Å². The van der Waals surface area contributed by atoms with E-state index in [1.165, 1.54) is 12.1 Å². The van der Waals surface area contributed by atoms with Crippen molar-refractivity contribution in [1.82, 2.24) is 0 Å². The summed E-state index contributed by atoms with van der Waals surface area (Å²) in [4.78, 5) is 0. The Morgan fingerprint density at radius 2 is 1.62 bits per heavy atom. The zero-order valence-electron chi connectivity index (χ0n) is 10.9. The number of halogens is 3. The summed E-state index contributed by atoms with van der Waals surface area (Å²) in [6, 6.07) is 7.17. The maximum absolute atomic E-state index is 13.6. The Morgan fingerprint density at radius 1 is 0.952 bits per heavy atom. The van der Waals surface area contributed by atoms with Crippen molar-refractivity contribution in [3.8, 4) is 5.75 Å². The van der Waals surface area contributed by atoms with Crippen molar-refractivity contribution >= 4 is 12.6 Å². The minimum absolute atomic E-state index is 0.0724. The molecule has 0 saturated heterocycles.